The summed E-state index contributed by atoms with van der Waals surface area (Å²) in [4.78, 5) is 2.81. The Balaban J connectivity index is 2.56. The average molecular weight is 270 g/mol. The molecule has 0 spiro atoms. The van der Waals surface area contributed by atoms with Crippen molar-refractivity contribution in [2.24, 2.45) is 5.92 Å². The van der Waals surface area contributed by atoms with Gasteiger partial charge in [-0.2, -0.15) is 0 Å². The van der Waals surface area contributed by atoms with Crippen molar-refractivity contribution in [2.45, 2.75) is 33.2 Å². The first-order valence-electron chi connectivity index (χ1n) is 6.14. The number of nitrogens with one attached hydrogen (secondary N) is 1. The highest BCUT2D eigenvalue weighted by atomic mass is 32.1. The first-order valence-corrected chi connectivity index (χ1v) is 6.55. The molecule has 0 unspecified atom stereocenters. The maximum Gasteiger partial charge on any atom is 0.178 e. The molecule has 0 fully saturated rings. The number of H-pyrrole nitrogens is 1. The van der Waals surface area contributed by atoms with Crippen LogP contribution in [-0.4, -0.2) is 9.55 Å². The van der Waals surface area contributed by atoms with Crippen LogP contribution in [0.15, 0.2) is 12.1 Å². The fourth-order valence-electron chi connectivity index (χ4n) is 2.17. The first kappa shape index (κ1) is 13.2. The van der Waals surface area contributed by atoms with Crippen LogP contribution in [-0.2, 0) is 6.54 Å². The van der Waals surface area contributed by atoms with Crippen LogP contribution >= 0.6 is 12.2 Å². The second kappa shape index (κ2) is 5.18. The Morgan fingerprint density at radius 3 is 2.56 bits per heavy atom. The normalized spacial score (nSPS) is 11.6. The van der Waals surface area contributed by atoms with Gasteiger partial charge >= 0.3 is 0 Å². The van der Waals surface area contributed by atoms with Gasteiger partial charge in [-0.25, -0.2) is 8.78 Å². The summed E-state index contributed by atoms with van der Waals surface area (Å²) in [5, 5.41) is 0. The van der Waals surface area contributed by atoms with Gasteiger partial charge in [-0.1, -0.05) is 26.7 Å². The molecule has 0 radical (unpaired) electrons. The van der Waals surface area contributed by atoms with E-state index in [1.165, 1.54) is 6.07 Å². The Kier molecular flexibility index (Phi) is 3.80. The Morgan fingerprint density at radius 2 is 1.94 bits per heavy atom. The van der Waals surface area contributed by atoms with E-state index in [9.17, 15) is 8.78 Å². The third-order valence-corrected chi connectivity index (χ3v) is 3.72. The van der Waals surface area contributed by atoms with Gasteiger partial charge in [0.25, 0.3) is 0 Å². The van der Waals surface area contributed by atoms with Gasteiger partial charge in [0.2, 0.25) is 0 Å². The molecular formula is C13H16F2N2S. The van der Waals surface area contributed by atoms with Crippen LogP contribution in [0, 0.1) is 22.3 Å². The topological polar surface area (TPSA) is 20.7 Å². The highest BCUT2D eigenvalue weighted by molar-refractivity contribution is 7.71. The second-order valence-electron chi connectivity index (χ2n) is 4.51. The summed E-state index contributed by atoms with van der Waals surface area (Å²) in [5.74, 6) is -0.714. The highest BCUT2D eigenvalue weighted by Gasteiger charge is 2.13. The van der Waals surface area contributed by atoms with E-state index in [0.29, 0.717) is 22.8 Å². The van der Waals surface area contributed by atoms with Crippen LogP contribution in [0.25, 0.3) is 11.0 Å². The number of fused-ring (bicyclic) bond motifs is 1. The van der Waals surface area contributed by atoms with Crippen LogP contribution in [0.1, 0.15) is 26.7 Å². The molecule has 2 rings (SSSR count). The highest BCUT2D eigenvalue weighted by Crippen LogP contribution is 2.22. The van der Waals surface area contributed by atoms with E-state index in [-0.39, 0.29) is 5.52 Å². The quantitative estimate of drug-likeness (QED) is 0.816. The van der Waals surface area contributed by atoms with Crippen LogP contribution in [0.5, 0.6) is 0 Å². The van der Waals surface area contributed by atoms with Crippen molar-refractivity contribution < 1.29 is 8.78 Å². The Bertz CT molecular complexity index is 611. The van der Waals surface area contributed by atoms with E-state index in [1.807, 2.05) is 0 Å². The molecule has 0 aliphatic carbocycles. The van der Waals surface area contributed by atoms with Gasteiger partial charge in [-0.3, -0.25) is 0 Å². The number of halogens is 2. The number of benzene rings is 1. The Morgan fingerprint density at radius 1 is 1.28 bits per heavy atom. The molecule has 1 aromatic carbocycles. The van der Waals surface area contributed by atoms with Crippen LogP contribution in [0.3, 0.4) is 0 Å². The molecule has 1 aromatic heterocycles. The summed E-state index contributed by atoms with van der Waals surface area (Å²) < 4.78 is 29.1. The molecule has 2 aromatic rings. The number of hydrogen-bond donors (Lipinski definition) is 1. The molecule has 98 valence electrons. The number of aromatic nitrogens is 2. The lowest BCUT2D eigenvalue weighted by Crippen LogP contribution is -2.09. The number of aromatic amines is 1. The number of nitrogens with zero attached hydrogens (tertiary/aromatic N) is 1. The molecule has 0 aliphatic rings. The van der Waals surface area contributed by atoms with Crippen molar-refractivity contribution in [3.63, 3.8) is 0 Å². The third-order valence-electron chi connectivity index (χ3n) is 3.40. The van der Waals surface area contributed by atoms with E-state index < -0.39 is 11.6 Å². The molecule has 1 heterocycles. The third kappa shape index (κ3) is 2.32. The minimum Gasteiger partial charge on any atom is -0.328 e. The zero-order valence-corrected chi connectivity index (χ0v) is 11.3. The predicted octanol–water partition coefficient (Wildman–Crippen LogP) is 4.41. The zero-order chi connectivity index (χ0) is 13.3. The lowest BCUT2D eigenvalue weighted by Gasteiger charge is -2.13. The van der Waals surface area contributed by atoms with Crippen LogP contribution < -0.4 is 0 Å². The van der Waals surface area contributed by atoms with Crippen molar-refractivity contribution in [2.75, 3.05) is 0 Å². The number of imidazole rings is 1. The van der Waals surface area contributed by atoms with E-state index >= 15 is 0 Å². The molecule has 0 aliphatic heterocycles. The smallest absolute Gasteiger partial charge is 0.178 e. The second-order valence-corrected chi connectivity index (χ2v) is 4.89. The Hall–Kier alpha value is -1.23. The van der Waals surface area contributed by atoms with Gasteiger partial charge in [0, 0.05) is 12.6 Å². The van der Waals surface area contributed by atoms with Crippen molar-refractivity contribution in [3.05, 3.63) is 28.5 Å². The predicted molar refractivity (Wildman–Crippen MR) is 71.1 cm³/mol. The van der Waals surface area contributed by atoms with Gasteiger partial charge in [-0.15, -0.1) is 0 Å². The standard InChI is InChI=1S/C13H16F2N2S/c1-3-8(4-2)7-17-11-6-9(14)5-10(15)12(11)16-13(17)18/h5-6,8H,3-4,7H2,1-2H3,(H,16,18). The summed E-state index contributed by atoms with van der Waals surface area (Å²) in [6.07, 6.45) is 2.03. The molecule has 18 heavy (non-hydrogen) atoms. The first-order chi connectivity index (χ1) is 8.56. The van der Waals surface area contributed by atoms with Crippen LogP contribution in [0.4, 0.5) is 8.78 Å². The Labute approximate surface area is 110 Å². The minimum absolute atomic E-state index is 0.285. The van der Waals surface area contributed by atoms with Crippen LogP contribution in [0.2, 0.25) is 0 Å². The summed E-state index contributed by atoms with van der Waals surface area (Å²) in [6, 6.07) is 2.20. The lowest BCUT2D eigenvalue weighted by molar-refractivity contribution is 0.421. The molecule has 5 heteroatoms. The molecular weight excluding hydrogens is 254 g/mol. The van der Waals surface area contributed by atoms with Gasteiger partial charge in [-0.05, 0) is 24.2 Å². The lowest BCUT2D eigenvalue weighted by atomic mass is 10.0. The monoisotopic (exact) mass is 270 g/mol. The summed E-state index contributed by atoms with van der Waals surface area (Å²) in [5.41, 5.74) is 0.789. The van der Waals surface area contributed by atoms with Crippen molar-refractivity contribution in [3.8, 4) is 0 Å². The summed E-state index contributed by atoms with van der Waals surface area (Å²) in [6.45, 7) is 4.90. The summed E-state index contributed by atoms with van der Waals surface area (Å²) in [7, 11) is 0. The SMILES string of the molecule is CCC(CC)Cn1c(=S)[nH]c2c(F)cc(F)cc21. The van der Waals surface area contributed by atoms with Gasteiger partial charge in [0.05, 0.1) is 5.52 Å². The molecule has 0 atom stereocenters. The molecule has 0 saturated carbocycles. The van der Waals surface area contributed by atoms with E-state index in [2.05, 4.69) is 18.8 Å². The number of hydrogen-bond acceptors (Lipinski definition) is 1. The van der Waals surface area contributed by atoms with Crippen molar-refractivity contribution in [1.29, 1.82) is 0 Å². The van der Waals surface area contributed by atoms with Crippen molar-refractivity contribution in [1.82, 2.24) is 9.55 Å². The molecule has 1 N–H and O–H groups in total. The van der Waals surface area contributed by atoms with E-state index in [0.717, 1.165) is 18.9 Å². The summed E-state index contributed by atoms with van der Waals surface area (Å²) >= 11 is 5.19. The molecule has 0 saturated heterocycles. The molecule has 0 amide bonds. The fraction of sp³-hybridized carbons (Fsp3) is 0.462. The maximum absolute atomic E-state index is 13.6. The fourth-order valence-corrected chi connectivity index (χ4v) is 2.44. The van der Waals surface area contributed by atoms with E-state index in [1.54, 1.807) is 4.57 Å². The molecule has 0 bridgehead atoms. The van der Waals surface area contributed by atoms with Gasteiger partial charge in [0.1, 0.15) is 11.3 Å². The van der Waals surface area contributed by atoms with Crippen molar-refractivity contribution >= 4 is 23.3 Å². The minimum atomic E-state index is -0.598. The average Bonchev–Trinajstić information content (AvgIpc) is 2.63. The number of rotatable bonds is 4. The van der Waals surface area contributed by atoms with E-state index in [4.69, 9.17) is 12.2 Å². The van der Waals surface area contributed by atoms with Gasteiger partial charge in [0.15, 0.2) is 10.6 Å². The zero-order valence-electron chi connectivity index (χ0n) is 10.5. The van der Waals surface area contributed by atoms with Gasteiger partial charge < -0.3 is 9.55 Å². The maximum atomic E-state index is 13.6. The molecule has 2 nitrogen and oxygen atoms in total. The largest absolute Gasteiger partial charge is 0.328 e.